The van der Waals surface area contributed by atoms with E-state index in [0.29, 0.717) is 5.56 Å². The second kappa shape index (κ2) is 8.16. The fourth-order valence-corrected chi connectivity index (χ4v) is 2.61. The largest absolute Gasteiger partial charge is 0.481 e. The minimum atomic E-state index is -1.21. The number of benzene rings is 2. The van der Waals surface area contributed by atoms with Crippen molar-refractivity contribution in [2.75, 3.05) is 0 Å². The molecule has 132 valence electrons. The third-order valence-corrected chi connectivity index (χ3v) is 4.48. The fraction of sp³-hybridized carbons (Fsp3) is 0.263. The number of rotatable bonds is 6. The summed E-state index contributed by atoms with van der Waals surface area (Å²) in [5.74, 6) is -1.01. The summed E-state index contributed by atoms with van der Waals surface area (Å²) in [4.78, 5) is 23.9. The number of amides is 1. The second-order valence-corrected chi connectivity index (χ2v) is 7.13. The Morgan fingerprint density at radius 2 is 1.72 bits per heavy atom. The monoisotopic (exact) mass is 405 g/mol. The number of halogens is 1. The zero-order valence-electron chi connectivity index (χ0n) is 14.0. The zero-order valence-corrected chi connectivity index (χ0v) is 15.6. The van der Waals surface area contributed by atoms with Crippen LogP contribution in [-0.2, 0) is 16.1 Å². The molecule has 0 aliphatic carbocycles. The second-order valence-electron chi connectivity index (χ2n) is 6.22. The van der Waals surface area contributed by atoms with Crippen molar-refractivity contribution >= 4 is 28.0 Å². The molecule has 0 radical (unpaired) electrons. The predicted octanol–water partition coefficient (Wildman–Crippen LogP) is 4.53. The molecule has 25 heavy (non-hydrogen) atoms. The quantitative estimate of drug-likeness (QED) is 0.739. The Kier molecular flexibility index (Phi) is 6.20. The van der Waals surface area contributed by atoms with E-state index in [1.165, 1.54) is 0 Å². The summed E-state index contributed by atoms with van der Waals surface area (Å²) in [6.45, 7) is 3.26. The number of alkyl carbamates (subject to hydrolysis) is 1. The maximum Gasteiger partial charge on any atom is 0.407 e. The van der Waals surface area contributed by atoms with E-state index in [1.54, 1.807) is 38.1 Å². The van der Waals surface area contributed by atoms with Crippen molar-refractivity contribution in [1.82, 2.24) is 5.32 Å². The summed E-state index contributed by atoms with van der Waals surface area (Å²) in [6, 6.07) is 15.7. The smallest absolute Gasteiger partial charge is 0.407 e. The Balaban J connectivity index is 2.14. The van der Waals surface area contributed by atoms with E-state index in [1.807, 2.05) is 30.3 Å². The molecule has 2 N–H and O–H groups in total. The van der Waals surface area contributed by atoms with Crippen LogP contribution in [-0.4, -0.2) is 17.2 Å². The number of carbonyl (C=O) groups is 2. The molecular weight excluding hydrogens is 386 g/mol. The normalized spacial score (nSPS) is 12.3. The van der Waals surface area contributed by atoms with Crippen molar-refractivity contribution < 1.29 is 19.4 Å². The fourth-order valence-electron chi connectivity index (χ4n) is 2.34. The minimum absolute atomic E-state index is 0.118. The Hall–Kier alpha value is -2.34. The highest BCUT2D eigenvalue weighted by molar-refractivity contribution is 9.10. The molecule has 2 aromatic rings. The van der Waals surface area contributed by atoms with Gasteiger partial charge >= 0.3 is 12.1 Å². The highest BCUT2D eigenvalue weighted by Gasteiger charge is 2.39. The Bertz CT molecular complexity index is 729. The van der Waals surface area contributed by atoms with Gasteiger partial charge in [0.1, 0.15) is 6.61 Å². The van der Waals surface area contributed by atoms with Gasteiger partial charge in [-0.2, -0.15) is 0 Å². The molecule has 0 aromatic heterocycles. The molecule has 0 spiro atoms. The first kappa shape index (κ1) is 19.0. The third-order valence-electron chi connectivity index (χ3n) is 3.95. The van der Waals surface area contributed by atoms with Crippen molar-refractivity contribution in [3.05, 3.63) is 70.2 Å². The third kappa shape index (κ3) is 5.06. The van der Waals surface area contributed by atoms with E-state index < -0.39 is 23.5 Å². The van der Waals surface area contributed by atoms with Crippen LogP contribution in [0.5, 0.6) is 0 Å². The maximum atomic E-state index is 12.2. The SMILES string of the molecule is CC(C)(C(=O)O)[C@H](NC(=O)OCc1ccccc1)c1ccc(Br)cc1. The van der Waals surface area contributed by atoms with Crippen molar-refractivity contribution in [1.29, 1.82) is 0 Å². The topological polar surface area (TPSA) is 75.6 Å². The molecule has 0 saturated heterocycles. The van der Waals surface area contributed by atoms with Gasteiger partial charge in [0.25, 0.3) is 0 Å². The molecule has 0 aliphatic rings. The number of nitrogens with one attached hydrogen (secondary N) is 1. The van der Waals surface area contributed by atoms with Gasteiger partial charge in [-0.25, -0.2) is 4.79 Å². The van der Waals surface area contributed by atoms with Crippen LogP contribution in [0.2, 0.25) is 0 Å². The first-order valence-electron chi connectivity index (χ1n) is 7.77. The van der Waals surface area contributed by atoms with Crippen LogP contribution in [0, 0.1) is 5.41 Å². The van der Waals surface area contributed by atoms with Gasteiger partial charge in [0.05, 0.1) is 11.5 Å². The van der Waals surface area contributed by atoms with E-state index in [2.05, 4.69) is 21.2 Å². The van der Waals surface area contributed by atoms with Crippen LogP contribution >= 0.6 is 15.9 Å². The first-order chi connectivity index (χ1) is 11.8. The standard InChI is InChI=1S/C19H20BrNO4/c1-19(2,17(22)23)16(14-8-10-15(20)11-9-14)21-18(24)25-12-13-6-4-3-5-7-13/h3-11,16H,12H2,1-2H3,(H,21,24)(H,22,23)/t16-/m1/s1. The summed E-state index contributed by atoms with van der Waals surface area (Å²) in [5.41, 5.74) is 0.335. The Morgan fingerprint density at radius 1 is 1.12 bits per heavy atom. The summed E-state index contributed by atoms with van der Waals surface area (Å²) < 4.78 is 6.10. The molecule has 1 amide bonds. The average Bonchev–Trinajstić information content (AvgIpc) is 2.59. The number of aliphatic carboxylic acids is 1. The molecule has 0 saturated carbocycles. The lowest BCUT2D eigenvalue weighted by Gasteiger charge is -2.31. The molecular formula is C19H20BrNO4. The van der Waals surface area contributed by atoms with E-state index in [9.17, 15) is 14.7 Å². The van der Waals surface area contributed by atoms with E-state index in [0.717, 1.165) is 10.0 Å². The summed E-state index contributed by atoms with van der Waals surface area (Å²) >= 11 is 3.35. The lowest BCUT2D eigenvalue weighted by molar-refractivity contribution is -0.148. The van der Waals surface area contributed by atoms with Crippen molar-refractivity contribution in [3.8, 4) is 0 Å². The number of carboxylic acids is 1. The number of ether oxygens (including phenoxy) is 1. The van der Waals surface area contributed by atoms with Gasteiger partial charge in [0.15, 0.2) is 0 Å². The lowest BCUT2D eigenvalue weighted by atomic mass is 9.80. The maximum absolute atomic E-state index is 12.2. The highest BCUT2D eigenvalue weighted by Crippen LogP contribution is 2.34. The van der Waals surface area contributed by atoms with Crippen LogP contribution in [0.1, 0.15) is 31.0 Å². The van der Waals surface area contributed by atoms with Gasteiger partial charge in [0.2, 0.25) is 0 Å². The van der Waals surface area contributed by atoms with Gasteiger partial charge in [-0.3, -0.25) is 4.79 Å². The number of carbonyl (C=O) groups excluding carboxylic acids is 1. The number of carboxylic acid groups (broad SMARTS) is 1. The number of hydrogen-bond acceptors (Lipinski definition) is 3. The summed E-state index contributed by atoms with van der Waals surface area (Å²) in [7, 11) is 0. The predicted molar refractivity (Wildman–Crippen MR) is 98.1 cm³/mol. The molecule has 0 bridgehead atoms. The van der Waals surface area contributed by atoms with Gasteiger partial charge in [-0.1, -0.05) is 58.4 Å². The van der Waals surface area contributed by atoms with Crippen molar-refractivity contribution in [3.63, 3.8) is 0 Å². The van der Waals surface area contributed by atoms with Crippen LogP contribution in [0.15, 0.2) is 59.1 Å². The molecule has 2 aromatic carbocycles. The molecule has 5 nitrogen and oxygen atoms in total. The van der Waals surface area contributed by atoms with Gasteiger partial charge in [0, 0.05) is 4.47 Å². The van der Waals surface area contributed by atoms with E-state index in [4.69, 9.17) is 4.74 Å². The molecule has 0 unspecified atom stereocenters. The van der Waals surface area contributed by atoms with Gasteiger partial charge in [-0.15, -0.1) is 0 Å². The summed E-state index contributed by atoms with van der Waals surface area (Å²) in [5, 5.41) is 12.2. The minimum Gasteiger partial charge on any atom is -0.481 e. The van der Waals surface area contributed by atoms with Crippen LogP contribution in [0.4, 0.5) is 4.79 Å². The highest BCUT2D eigenvalue weighted by atomic mass is 79.9. The van der Waals surface area contributed by atoms with Crippen LogP contribution in [0.25, 0.3) is 0 Å². The number of hydrogen-bond donors (Lipinski definition) is 2. The van der Waals surface area contributed by atoms with Crippen LogP contribution in [0.3, 0.4) is 0 Å². The van der Waals surface area contributed by atoms with Gasteiger partial charge in [-0.05, 0) is 37.1 Å². The van der Waals surface area contributed by atoms with E-state index in [-0.39, 0.29) is 6.61 Å². The van der Waals surface area contributed by atoms with Crippen molar-refractivity contribution in [2.24, 2.45) is 5.41 Å². The Labute approximate surface area is 155 Å². The molecule has 1 atom stereocenters. The molecule has 2 rings (SSSR count). The Morgan fingerprint density at radius 3 is 2.28 bits per heavy atom. The zero-order chi connectivity index (χ0) is 18.4. The molecule has 0 heterocycles. The van der Waals surface area contributed by atoms with Gasteiger partial charge < -0.3 is 15.2 Å². The molecule has 0 aliphatic heterocycles. The van der Waals surface area contributed by atoms with Crippen LogP contribution < -0.4 is 5.32 Å². The summed E-state index contributed by atoms with van der Waals surface area (Å²) in [6.07, 6.45) is -0.661. The average molecular weight is 406 g/mol. The molecule has 0 fully saturated rings. The molecule has 6 heteroatoms. The van der Waals surface area contributed by atoms with E-state index >= 15 is 0 Å². The lowest BCUT2D eigenvalue weighted by Crippen LogP contribution is -2.42. The van der Waals surface area contributed by atoms with Crippen molar-refractivity contribution in [2.45, 2.75) is 26.5 Å². The first-order valence-corrected chi connectivity index (χ1v) is 8.56.